The van der Waals surface area contributed by atoms with Crippen molar-refractivity contribution in [1.29, 1.82) is 0 Å². The summed E-state index contributed by atoms with van der Waals surface area (Å²) in [6, 6.07) is 0. The van der Waals surface area contributed by atoms with E-state index in [1.807, 2.05) is 0 Å². The molecule has 0 spiro atoms. The summed E-state index contributed by atoms with van der Waals surface area (Å²) in [4.78, 5) is 21.6. The lowest BCUT2D eigenvalue weighted by Gasteiger charge is -1.93. The van der Waals surface area contributed by atoms with Crippen LogP contribution in [0.15, 0.2) is 36.1 Å². The summed E-state index contributed by atoms with van der Waals surface area (Å²) in [6.07, 6.45) is 1.14. The number of hydrogen-bond acceptors (Lipinski definition) is 4. The Labute approximate surface area is 68.5 Å². The molecule has 12 heavy (non-hydrogen) atoms. The second kappa shape index (κ2) is 2.65. The molecule has 1 heterocycles. The molecule has 0 aliphatic carbocycles. The highest BCUT2D eigenvalue weighted by Crippen LogP contribution is 2.22. The molecule has 62 valence electrons. The predicted octanol–water partition coefficient (Wildman–Crippen LogP) is 0.624. The second-order valence-corrected chi connectivity index (χ2v) is 2.12. The summed E-state index contributed by atoms with van der Waals surface area (Å²) < 4.78 is 4.19. The van der Waals surface area contributed by atoms with Gasteiger partial charge < -0.3 is 9.84 Å². The van der Waals surface area contributed by atoms with Crippen molar-refractivity contribution in [2.45, 2.75) is 0 Å². The zero-order valence-electron chi connectivity index (χ0n) is 6.16. The van der Waals surface area contributed by atoms with Crippen LogP contribution < -0.4 is 0 Å². The van der Waals surface area contributed by atoms with Crippen LogP contribution in [-0.2, 0) is 14.3 Å². The molecule has 4 heteroatoms. The van der Waals surface area contributed by atoms with Crippen LogP contribution in [0.5, 0.6) is 0 Å². The minimum Gasteiger partial charge on any atom is -0.508 e. The first-order valence-electron chi connectivity index (χ1n) is 3.09. The Balaban J connectivity index is 3.27. The van der Waals surface area contributed by atoms with Crippen LogP contribution >= 0.6 is 0 Å². The molecule has 0 aromatic rings. The third kappa shape index (κ3) is 1.03. The van der Waals surface area contributed by atoms with Crippen molar-refractivity contribution >= 4 is 11.9 Å². The Hall–Kier alpha value is -1.84. The Morgan fingerprint density at radius 3 is 2.33 bits per heavy atom. The number of carbonyl (C=O) groups is 2. The van der Waals surface area contributed by atoms with Gasteiger partial charge in [0, 0.05) is 0 Å². The van der Waals surface area contributed by atoms with Gasteiger partial charge >= 0.3 is 11.9 Å². The zero-order valence-corrected chi connectivity index (χ0v) is 6.16. The quantitative estimate of drug-likeness (QED) is 0.371. The van der Waals surface area contributed by atoms with Crippen LogP contribution in [0.1, 0.15) is 0 Å². The van der Waals surface area contributed by atoms with Crippen LogP contribution in [0.4, 0.5) is 0 Å². The van der Waals surface area contributed by atoms with Crippen molar-refractivity contribution in [3.05, 3.63) is 36.1 Å². The standard InChI is InChI=1S/C8H6O4/c1-3-5-6(4(2)9)8(11)12-7(5)10/h3,9H,1-2H2. The molecular weight excluding hydrogens is 160 g/mol. The molecule has 0 saturated carbocycles. The van der Waals surface area contributed by atoms with Crippen LogP contribution in [-0.4, -0.2) is 17.0 Å². The smallest absolute Gasteiger partial charge is 0.350 e. The van der Waals surface area contributed by atoms with E-state index in [0.717, 1.165) is 6.08 Å². The van der Waals surface area contributed by atoms with Crippen LogP contribution in [0, 0.1) is 0 Å². The molecule has 1 N–H and O–H groups in total. The van der Waals surface area contributed by atoms with Crippen LogP contribution in [0.25, 0.3) is 0 Å². The van der Waals surface area contributed by atoms with Gasteiger partial charge in [-0.2, -0.15) is 0 Å². The number of aliphatic hydroxyl groups is 1. The van der Waals surface area contributed by atoms with Gasteiger partial charge in [0.2, 0.25) is 0 Å². The van der Waals surface area contributed by atoms with E-state index in [1.54, 1.807) is 0 Å². The number of rotatable bonds is 2. The molecule has 0 radical (unpaired) electrons. The van der Waals surface area contributed by atoms with Crippen molar-refractivity contribution in [2.24, 2.45) is 0 Å². The minimum atomic E-state index is -0.887. The van der Waals surface area contributed by atoms with Gasteiger partial charge in [-0.05, 0) is 0 Å². The first kappa shape index (κ1) is 8.26. The molecule has 1 aliphatic rings. The van der Waals surface area contributed by atoms with Gasteiger partial charge in [0.1, 0.15) is 11.3 Å². The molecule has 0 fully saturated rings. The fourth-order valence-electron chi connectivity index (χ4n) is 0.861. The molecule has 0 aromatic heterocycles. The summed E-state index contributed by atoms with van der Waals surface area (Å²) >= 11 is 0. The molecular formula is C8H6O4. The van der Waals surface area contributed by atoms with Gasteiger partial charge in [0.15, 0.2) is 0 Å². The summed E-state index contributed by atoms with van der Waals surface area (Å²) in [5.74, 6) is -2.18. The average Bonchev–Trinajstić information content (AvgIpc) is 2.24. The monoisotopic (exact) mass is 166 g/mol. The van der Waals surface area contributed by atoms with E-state index in [2.05, 4.69) is 17.9 Å². The molecule has 0 saturated heterocycles. The maximum atomic E-state index is 10.8. The first-order chi connectivity index (χ1) is 5.57. The molecule has 0 unspecified atom stereocenters. The average molecular weight is 166 g/mol. The van der Waals surface area contributed by atoms with Crippen molar-refractivity contribution in [1.82, 2.24) is 0 Å². The molecule has 0 aromatic carbocycles. The lowest BCUT2D eigenvalue weighted by atomic mass is 10.1. The summed E-state index contributed by atoms with van der Waals surface area (Å²) in [7, 11) is 0. The van der Waals surface area contributed by atoms with E-state index in [1.165, 1.54) is 0 Å². The molecule has 1 rings (SSSR count). The van der Waals surface area contributed by atoms with E-state index in [4.69, 9.17) is 5.11 Å². The molecule has 0 atom stereocenters. The van der Waals surface area contributed by atoms with Crippen molar-refractivity contribution < 1.29 is 19.4 Å². The van der Waals surface area contributed by atoms with Gasteiger partial charge in [-0.15, -0.1) is 0 Å². The Bertz CT molecular complexity index is 322. The van der Waals surface area contributed by atoms with Gasteiger partial charge in [-0.25, -0.2) is 9.59 Å². The summed E-state index contributed by atoms with van der Waals surface area (Å²) in [5.41, 5.74) is -0.262. The number of hydrogen-bond donors (Lipinski definition) is 1. The van der Waals surface area contributed by atoms with Gasteiger partial charge in [0.25, 0.3) is 0 Å². The van der Waals surface area contributed by atoms with Gasteiger partial charge in [-0.3, -0.25) is 0 Å². The van der Waals surface area contributed by atoms with Crippen molar-refractivity contribution in [3.8, 4) is 0 Å². The zero-order chi connectivity index (χ0) is 9.30. The number of esters is 2. The molecule has 0 bridgehead atoms. The topological polar surface area (TPSA) is 63.6 Å². The SMILES string of the molecule is C=CC1=C(C(=C)O)C(=O)OC1=O. The molecule has 1 aliphatic heterocycles. The van der Waals surface area contributed by atoms with E-state index < -0.39 is 17.7 Å². The largest absolute Gasteiger partial charge is 0.508 e. The van der Waals surface area contributed by atoms with Crippen molar-refractivity contribution in [2.75, 3.05) is 0 Å². The highest BCUT2D eigenvalue weighted by molar-refractivity contribution is 6.15. The van der Waals surface area contributed by atoms with E-state index in [9.17, 15) is 9.59 Å². The first-order valence-corrected chi connectivity index (χ1v) is 3.09. The minimum absolute atomic E-state index is 0.0486. The highest BCUT2D eigenvalue weighted by Gasteiger charge is 2.32. The molecule has 0 amide bonds. The van der Waals surface area contributed by atoms with Crippen LogP contribution in [0.3, 0.4) is 0 Å². The van der Waals surface area contributed by atoms with Gasteiger partial charge in [0.05, 0.1) is 5.57 Å². The maximum Gasteiger partial charge on any atom is 0.350 e. The Morgan fingerprint density at radius 2 is 2.00 bits per heavy atom. The number of aliphatic hydroxyl groups excluding tert-OH is 1. The number of cyclic esters (lactones) is 2. The normalized spacial score (nSPS) is 16.3. The summed E-state index contributed by atoms with van der Waals surface area (Å²) in [6.45, 7) is 6.41. The van der Waals surface area contributed by atoms with Crippen molar-refractivity contribution in [3.63, 3.8) is 0 Å². The number of ether oxygens (including phenoxy) is 1. The predicted molar refractivity (Wildman–Crippen MR) is 40.1 cm³/mol. The lowest BCUT2D eigenvalue weighted by Crippen LogP contribution is -2.02. The van der Waals surface area contributed by atoms with Crippen LogP contribution in [0.2, 0.25) is 0 Å². The second-order valence-electron chi connectivity index (χ2n) is 2.12. The van der Waals surface area contributed by atoms with E-state index >= 15 is 0 Å². The summed E-state index contributed by atoms with van der Waals surface area (Å²) in [5, 5.41) is 8.89. The third-order valence-electron chi connectivity index (χ3n) is 1.37. The fourth-order valence-corrected chi connectivity index (χ4v) is 0.861. The maximum absolute atomic E-state index is 10.8. The number of carbonyl (C=O) groups excluding carboxylic acids is 2. The highest BCUT2D eigenvalue weighted by atomic mass is 16.6. The Morgan fingerprint density at radius 1 is 1.42 bits per heavy atom. The third-order valence-corrected chi connectivity index (χ3v) is 1.37. The lowest BCUT2D eigenvalue weighted by molar-refractivity contribution is -0.150. The van der Waals surface area contributed by atoms with Gasteiger partial charge in [-0.1, -0.05) is 19.2 Å². The van der Waals surface area contributed by atoms with E-state index in [-0.39, 0.29) is 11.1 Å². The Kier molecular flexibility index (Phi) is 1.83. The van der Waals surface area contributed by atoms with E-state index in [0.29, 0.717) is 0 Å². The molecule has 4 nitrogen and oxygen atoms in total. The fraction of sp³-hybridized carbons (Fsp3) is 0.